The van der Waals surface area contributed by atoms with Crippen LogP contribution in [0.3, 0.4) is 0 Å². The van der Waals surface area contributed by atoms with Gasteiger partial charge in [-0.1, -0.05) is 25.7 Å². The monoisotopic (exact) mass is 297 g/mol. The third-order valence-electron chi connectivity index (χ3n) is 5.92. The van der Waals surface area contributed by atoms with Crippen molar-refractivity contribution in [2.45, 2.75) is 75.9 Å². The van der Waals surface area contributed by atoms with E-state index in [1.54, 1.807) is 0 Å². The van der Waals surface area contributed by atoms with Crippen LogP contribution < -0.4 is 5.73 Å². The molecule has 2 saturated heterocycles. The molecule has 1 aliphatic carbocycles. The number of thioether (sulfide) groups is 1. The van der Waals surface area contributed by atoms with Crippen LogP contribution in [0.15, 0.2) is 0 Å². The second-order valence-electron chi connectivity index (χ2n) is 7.23. The molecule has 2 atom stereocenters. The van der Waals surface area contributed by atoms with Crippen molar-refractivity contribution in [3.8, 4) is 0 Å². The first kappa shape index (κ1) is 15.2. The molecule has 20 heavy (non-hydrogen) atoms. The van der Waals surface area contributed by atoms with E-state index in [1.165, 1.54) is 75.7 Å². The lowest BCUT2D eigenvalue weighted by molar-refractivity contribution is -0.108. The zero-order valence-electron chi connectivity index (χ0n) is 12.8. The van der Waals surface area contributed by atoms with Gasteiger partial charge in [0.2, 0.25) is 0 Å². The summed E-state index contributed by atoms with van der Waals surface area (Å²) in [5.41, 5.74) is 6.93. The second-order valence-corrected chi connectivity index (χ2v) is 8.45. The zero-order chi connectivity index (χ0) is 13.8. The highest BCUT2D eigenvalue weighted by molar-refractivity contribution is 7.99. The molecule has 0 radical (unpaired) electrons. The summed E-state index contributed by atoms with van der Waals surface area (Å²) in [4.78, 5) is 0. The van der Waals surface area contributed by atoms with Gasteiger partial charge in [-0.15, -0.1) is 0 Å². The van der Waals surface area contributed by atoms with Crippen LogP contribution in [0.1, 0.15) is 64.2 Å². The molecule has 0 aromatic heterocycles. The summed E-state index contributed by atoms with van der Waals surface area (Å²) in [6.45, 7) is 0.954. The van der Waals surface area contributed by atoms with Gasteiger partial charge in [0, 0.05) is 12.6 Å². The van der Waals surface area contributed by atoms with E-state index < -0.39 is 0 Å². The highest BCUT2D eigenvalue weighted by Crippen LogP contribution is 2.42. The van der Waals surface area contributed by atoms with Crippen LogP contribution in [-0.2, 0) is 4.74 Å². The largest absolute Gasteiger partial charge is 0.375 e. The van der Waals surface area contributed by atoms with Crippen molar-refractivity contribution in [3.63, 3.8) is 0 Å². The van der Waals surface area contributed by atoms with Gasteiger partial charge < -0.3 is 10.5 Å². The fraction of sp³-hybridized carbons (Fsp3) is 1.00. The Morgan fingerprint density at radius 3 is 2.35 bits per heavy atom. The smallest absolute Gasteiger partial charge is 0.0701 e. The Kier molecular flexibility index (Phi) is 5.33. The molecule has 3 rings (SSSR count). The molecule has 2 N–H and O–H groups in total. The predicted octanol–water partition coefficient (Wildman–Crippen LogP) is 3.98. The summed E-state index contributed by atoms with van der Waals surface area (Å²) in [6.07, 6.45) is 13.4. The fourth-order valence-electron chi connectivity index (χ4n) is 4.57. The number of hydrogen-bond donors (Lipinski definition) is 1. The van der Waals surface area contributed by atoms with Crippen molar-refractivity contribution >= 4 is 11.8 Å². The quantitative estimate of drug-likeness (QED) is 0.783. The molecular weight excluding hydrogens is 266 g/mol. The zero-order valence-corrected chi connectivity index (χ0v) is 13.6. The second kappa shape index (κ2) is 7.02. The maximum Gasteiger partial charge on any atom is 0.0701 e. The molecular formula is C17H31NOS. The molecule has 3 aliphatic rings. The SMILES string of the molecule is NC(C1CCCCCC1)C1CCOC2(CCSCC2)C1. The standard InChI is InChI=1S/C17H31NOS/c18-16(14-5-3-1-2-4-6-14)15-7-10-19-17(13-15)8-11-20-12-9-17/h14-16H,1-13,18H2. The lowest BCUT2D eigenvalue weighted by Crippen LogP contribution is -2.49. The highest BCUT2D eigenvalue weighted by atomic mass is 32.2. The topological polar surface area (TPSA) is 35.2 Å². The van der Waals surface area contributed by atoms with Gasteiger partial charge >= 0.3 is 0 Å². The van der Waals surface area contributed by atoms with Gasteiger partial charge in [0.05, 0.1) is 5.60 Å². The fourth-order valence-corrected chi connectivity index (χ4v) is 5.80. The van der Waals surface area contributed by atoms with Crippen molar-refractivity contribution < 1.29 is 4.74 Å². The molecule has 116 valence electrons. The van der Waals surface area contributed by atoms with Crippen LogP contribution in [0, 0.1) is 11.8 Å². The summed E-state index contributed by atoms with van der Waals surface area (Å²) in [6, 6.07) is 0.434. The molecule has 3 fully saturated rings. The minimum atomic E-state index is 0.205. The van der Waals surface area contributed by atoms with E-state index in [9.17, 15) is 0 Å². The Morgan fingerprint density at radius 2 is 1.65 bits per heavy atom. The van der Waals surface area contributed by atoms with Crippen molar-refractivity contribution in [2.75, 3.05) is 18.1 Å². The molecule has 2 nitrogen and oxygen atoms in total. The van der Waals surface area contributed by atoms with Crippen LogP contribution in [0.4, 0.5) is 0 Å². The van der Waals surface area contributed by atoms with Gasteiger partial charge in [0.15, 0.2) is 0 Å². The summed E-state index contributed by atoms with van der Waals surface area (Å²) >= 11 is 2.09. The van der Waals surface area contributed by atoms with Crippen molar-refractivity contribution in [3.05, 3.63) is 0 Å². The third-order valence-corrected chi connectivity index (χ3v) is 6.91. The highest BCUT2D eigenvalue weighted by Gasteiger charge is 2.41. The van der Waals surface area contributed by atoms with E-state index in [1.807, 2.05) is 0 Å². The van der Waals surface area contributed by atoms with E-state index in [4.69, 9.17) is 10.5 Å². The van der Waals surface area contributed by atoms with E-state index >= 15 is 0 Å². The van der Waals surface area contributed by atoms with Gasteiger partial charge in [0.1, 0.15) is 0 Å². The third kappa shape index (κ3) is 3.53. The van der Waals surface area contributed by atoms with Crippen molar-refractivity contribution in [2.24, 2.45) is 17.6 Å². The van der Waals surface area contributed by atoms with Gasteiger partial charge in [-0.05, 0) is 61.9 Å². The van der Waals surface area contributed by atoms with Gasteiger partial charge in [-0.3, -0.25) is 0 Å². The number of nitrogens with two attached hydrogens (primary N) is 1. The Balaban J connectivity index is 1.60. The van der Waals surface area contributed by atoms with E-state index in [0.29, 0.717) is 6.04 Å². The lowest BCUT2D eigenvalue weighted by atomic mass is 9.74. The summed E-state index contributed by atoms with van der Waals surface area (Å²) < 4.78 is 6.23. The number of hydrogen-bond acceptors (Lipinski definition) is 3. The summed E-state index contributed by atoms with van der Waals surface area (Å²) in [5.74, 6) is 4.07. The van der Waals surface area contributed by atoms with Gasteiger partial charge in [-0.2, -0.15) is 11.8 Å². The van der Waals surface area contributed by atoms with Crippen molar-refractivity contribution in [1.29, 1.82) is 0 Å². The molecule has 0 aromatic carbocycles. The minimum absolute atomic E-state index is 0.205. The maximum absolute atomic E-state index is 6.72. The van der Waals surface area contributed by atoms with Crippen LogP contribution >= 0.6 is 11.8 Å². The van der Waals surface area contributed by atoms with E-state index in [-0.39, 0.29) is 5.60 Å². The Bertz CT molecular complexity index is 290. The van der Waals surface area contributed by atoms with Gasteiger partial charge in [-0.25, -0.2) is 0 Å². The summed E-state index contributed by atoms with van der Waals surface area (Å²) in [7, 11) is 0. The van der Waals surface area contributed by atoms with Crippen LogP contribution in [0.5, 0.6) is 0 Å². The average molecular weight is 298 g/mol. The summed E-state index contributed by atoms with van der Waals surface area (Å²) in [5, 5.41) is 0. The minimum Gasteiger partial charge on any atom is -0.375 e. The van der Waals surface area contributed by atoms with E-state index in [0.717, 1.165) is 18.4 Å². The molecule has 2 aliphatic heterocycles. The Hall–Kier alpha value is 0.270. The average Bonchev–Trinajstić information content (AvgIpc) is 2.76. The Morgan fingerprint density at radius 1 is 0.950 bits per heavy atom. The maximum atomic E-state index is 6.72. The Labute approximate surface area is 128 Å². The van der Waals surface area contributed by atoms with Crippen LogP contribution in [-0.4, -0.2) is 29.8 Å². The number of rotatable bonds is 2. The number of ether oxygens (including phenoxy) is 1. The molecule has 1 spiro atoms. The molecule has 2 unspecified atom stereocenters. The van der Waals surface area contributed by atoms with Crippen LogP contribution in [0.2, 0.25) is 0 Å². The molecule has 2 heterocycles. The van der Waals surface area contributed by atoms with Crippen molar-refractivity contribution in [1.82, 2.24) is 0 Å². The molecule has 0 bridgehead atoms. The molecule has 0 aromatic rings. The van der Waals surface area contributed by atoms with E-state index in [2.05, 4.69) is 11.8 Å². The predicted molar refractivity (Wildman–Crippen MR) is 87.1 cm³/mol. The van der Waals surface area contributed by atoms with Crippen LogP contribution in [0.25, 0.3) is 0 Å². The molecule has 3 heteroatoms. The molecule has 0 amide bonds. The lowest BCUT2D eigenvalue weighted by Gasteiger charge is -2.46. The first-order valence-corrected chi connectivity index (χ1v) is 9.92. The normalized spacial score (nSPS) is 33.8. The first-order chi connectivity index (χ1) is 9.79. The van der Waals surface area contributed by atoms with Gasteiger partial charge in [0.25, 0.3) is 0 Å². The first-order valence-electron chi connectivity index (χ1n) is 8.76. The molecule has 1 saturated carbocycles.